The van der Waals surface area contributed by atoms with Crippen molar-refractivity contribution in [1.82, 2.24) is 0 Å². The predicted octanol–water partition coefficient (Wildman–Crippen LogP) is 30.2. The van der Waals surface area contributed by atoms with Gasteiger partial charge >= 0.3 is 33.6 Å². The smallest absolute Gasteiger partial charge is 0.463 e. The van der Waals surface area contributed by atoms with Crippen LogP contribution in [0, 0.1) is 0 Å². The van der Waals surface area contributed by atoms with Gasteiger partial charge in [-0.05, 0) is 161 Å². The average Bonchev–Trinajstić information content (AvgIpc) is 0.887. The Hall–Kier alpha value is -5.09. The van der Waals surface area contributed by atoms with Crippen molar-refractivity contribution in [1.29, 1.82) is 0 Å². The van der Waals surface area contributed by atoms with Crippen molar-refractivity contribution in [2.24, 2.45) is 0 Å². The predicted molar refractivity (Wildman–Crippen MR) is 509 cm³/mol. The maximum Gasteiger partial charge on any atom is 0.472 e. The molecule has 5 unspecified atom stereocenters. The van der Waals surface area contributed by atoms with Crippen LogP contribution in [0.3, 0.4) is 0 Å². The number of unbranched alkanes of at least 4 members (excludes halogenated alkanes) is 40. The third kappa shape index (κ3) is 95.4. The van der Waals surface area contributed by atoms with E-state index in [0.717, 1.165) is 180 Å². The molecule has 0 aromatic carbocycles. The van der Waals surface area contributed by atoms with E-state index in [4.69, 9.17) is 32.3 Å². The Balaban J connectivity index is 4.60. The summed E-state index contributed by atoms with van der Waals surface area (Å²) in [6.45, 7) is 2.55. The number of carbonyl (C=O) groups is 3. The number of carbonyl (C=O) groups excluding carboxylic acids is 3. The minimum absolute atomic E-state index is 0.0890. The van der Waals surface area contributed by atoms with Gasteiger partial charge in [0, 0.05) is 19.3 Å². The number of ether oxygens (including phenoxy) is 3. The maximum atomic E-state index is 13.1. The molecule has 0 aliphatic carbocycles. The molecular weight excluding hydrogens is 1560 g/mol. The highest BCUT2D eigenvalue weighted by Gasteiger charge is 2.30. The molecule has 4 N–H and O–H groups in total. The number of hydrogen-bond acceptors (Lipinski definition) is 14. The lowest BCUT2D eigenvalue weighted by Crippen LogP contribution is -2.30. The molecule has 0 bridgehead atoms. The van der Waals surface area contributed by atoms with Crippen LogP contribution in [0.4, 0.5) is 0 Å². The highest BCUT2D eigenvalue weighted by atomic mass is 31.2. The molecule has 0 spiro atoms. The molecule has 0 radical (unpaired) electrons. The first-order valence-corrected chi connectivity index (χ1v) is 51.4. The Morgan fingerprint density at radius 3 is 0.694 bits per heavy atom. The highest BCUT2D eigenvalue weighted by Crippen LogP contribution is 2.45. The summed E-state index contributed by atoms with van der Waals surface area (Å²) in [4.78, 5) is 59.1. The van der Waals surface area contributed by atoms with Crippen LogP contribution < -0.4 is 0 Å². The van der Waals surface area contributed by atoms with Crippen LogP contribution in [0.5, 0.6) is 0 Å². The van der Waals surface area contributed by atoms with Crippen LogP contribution in [0.15, 0.2) is 170 Å². The van der Waals surface area contributed by atoms with Gasteiger partial charge in [-0.3, -0.25) is 32.5 Å². The molecule has 0 aromatic heterocycles. The maximum absolute atomic E-state index is 13.1. The second kappa shape index (κ2) is 94.1. The zero-order chi connectivity index (χ0) is 87.9. The summed E-state index contributed by atoms with van der Waals surface area (Å²) in [7, 11) is -9.82. The first-order valence-electron chi connectivity index (χ1n) is 48.4. The summed E-state index contributed by atoms with van der Waals surface area (Å²) < 4.78 is 61.6. The Morgan fingerprint density at radius 2 is 0.438 bits per heavy atom. The van der Waals surface area contributed by atoms with Crippen molar-refractivity contribution in [2.75, 3.05) is 39.6 Å². The topological polar surface area (TPSA) is 231 Å². The van der Waals surface area contributed by atoms with Gasteiger partial charge in [0.25, 0.3) is 0 Å². The van der Waals surface area contributed by atoms with Crippen LogP contribution in [-0.2, 0) is 55.8 Å². The molecule has 0 rings (SSSR count). The lowest BCUT2D eigenvalue weighted by atomic mass is 10.0. The van der Waals surface area contributed by atoms with Gasteiger partial charge in [0.05, 0.1) is 26.4 Å². The fraction of sp³-hybridized carbons (Fsp3) is 0.699. The van der Waals surface area contributed by atoms with E-state index in [-0.39, 0.29) is 19.3 Å². The fourth-order valence-electron chi connectivity index (χ4n) is 13.1. The zero-order valence-corrected chi connectivity index (χ0v) is 78.4. The highest BCUT2D eigenvalue weighted by molar-refractivity contribution is 7.47. The molecular formula is C103H176O16P2. The van der Waals surface area contributed by atoms with Crippen LogP contribution in [0.25, 0.3) is 0 Å². The van der Waals surface area contributed by atoms with Gasteiger partial charge in [0.15, 0.2) is 6.10 Å². The van der Waals surface area contributed by atoms with E-state index in [1.165, 1.54) is 167 Å². The van der Waals surface area contributed by atoms with Gasteiger partial charge in [-0.1, -0.05) is 396 Å². The summed E-state index contributed by atoms with van der Waals surface area (Å²) >= 11 is 0. The first kappa shape index (κ1) is 116. The standard InChI is InChI=1S/C103H176O16P2/c1-4-7-10-13-16-19-22-25-28-31-34-37-40-42-44-46-47-48-49-51-53-54-57-59-62-65-68-71-74-77-80-83-86-89-101(106)113-92-98(104)93-115-120(109,110)116-94-99(105)95-117-121(111,112)118-97-100(119-103(108)91-88-85-82-79-76-73-70-67-64-61-56-39-36-33-30-27-24-21-18-15-12-9-6-3)96-114-102(107)90-87-84-81-78-75-72-69-66-63-60-58-55-52-50-45-43-41-38-35-32-29-26-23-20-17-14-11-8-5-2/h7,10,16-21,25-30,34-39,42-45,47-48,61,64,98-100,104-105H,4-6,8-9,11-15,22-24,31-33,40-41,46,49-60,62-63,65-97H2,1-3H3,(H,109,110)(H,111,112)/b10-7-,19-16-,20-17-,21-18-,28-25-,29-26-,30-27-,37-34-,38-35-,39-36-,44-42-,45-43-,48-47-,64-61-. The number of phosphoric ester groups is 2. The second-order valence-corrected chi connectivity index (χ2v) is 35.0. The number of phosphoric acid groups is 2. The summed E-state index contributed by atoms with van der Waals surface area (Å²) in [6, 6.07) is 0. The summed E-state index contributed by atoms with van der Waals surface area (Å²) in [5.41, 5.74) is 0. The molecule has 694 valence electrons. The number of aliphatic hydroxyl groups is 2. The number of allylic oxidation sites excluding steroid dienone is 28. The molecule has 0 amide bonds. The summed E-state index contributed by atoms with van der Waals surface area (Å²) in [5.74, 6) is -1.58. The van der Waals surface area contributed by atoms with E-state index in [9.17, 15) is 43.5 Å². The number of esters is 3. The van der Waals surface area contributed by atoms with E-state index >= 15 is 0 Å². The van der Waals surface area contributed by atoms with Crippen molar-refractivity contribution in [3.8, 4) is 0 Å². The summed E-state index contributed by atoms with van der Waals surface area (Å²) in [6.07, 6.45) is 123. The van der Waals surface area contributed by atoms with Gasteiger partial charge in [-0.2, -0.15) is 0 Å². The molecule has 121 heavy (non-hydrogen) atoms. The number of aliphatic hydroxyl groups excluding tert-OH is 2. The molecule has 0 aromatic rings. The monoisotopic (exact) mass is 1730 g/mol. The Kier molecular flexibility index (Phi) is 90.1. The summed E-state index contributed by atoms with van der Waals surface area (Å²) in [5, 5.41) is 20.8. The fourth-order valence-corrected chi connectivity index (χ4v) is 14.7. The third-order valence-electron chi connectivity index (χ3n) is 20.4. The molecule has 0 aliphatic rings. The molecule has 0 fully saturated rings. The van der Waals surface area contributed by atoms with Crippen molar-refractivity contribution < 1.29 is 75.8 Å². The van der Waals surface area contributed by atoms with Crippen molar-refractivity contribution in [3.05, 3.63) is 170 Å². The quantitative estimate of drug-likeness (QED) is 0.0146. The van der Waals surface area contributed by atoms with Gasteiger partial charge in [-0.25, -0.2) is 9.13 Å². The van der Waals surface area contributed by atoms with Crippen molar-refractivity contribution >= 4 is 33.6 Å². The largest absolute Gasteiger partial charge is 0.472 e. The van der Waals surface area contributed by atoms with E-state index in [0.29, 0.717) is 19.3 Å². The lowest BCUT2D eigenvalue weighted by molar-refractivity contribution is -0.161. The Labute approximate surface area is 739 Å². The van der Waals surface area contributed by atoms with Crippen LogP contribution in [0.1, 0.15) is 406 Å². The van der Waals surface area contributed by atoms with Crippen molar-refractivity contribution in [3.63, 3.8) is 0 Å². The minimum Gasteiger partial charge on any atom is -0.463 e. The third-order valence-corrected chi connectivity index (χ3v) is 22.3. The molecule has 0 aliphatic heterocycles. The normalized spacial score (nSPS) is 14.5. The second-order valence-electron chi connectivity index (χ2n) is 32.1. The lowest BCUT2D eigenvalue weighted by Gasteiger charge is -2.21. The van der Waals surface area contributed by atoms with E-state index in [1.807, 2.05) is 0 Å². The number of rotatable bonds is 91. The first-order chi connectivity index (χ1) is 59.2. The van der Waals surface area contributed by atoms with Gasteiger partial charge < -0.3 is 34.2 Å². The number of hydrogen-bond donors (Lipinski definition) is 4. The minimum atomic E-state index is -4.95. The van der Waals surface area contributed by atoms with Crippen LogP contribution in [0.2, 0.25) is 0 Å². The van der Waals surface area contributed by atoms with Crippen LogP contribution in [-0.4, -0.2) is 95.9 Å². The van der Waals surface area contributed by atoms with Gasteiger partial charge in [0.2, 0.25) is 0 Å². The molecule has 0 heterocycles. The Morgan fingerprint density at radius 1 is 0.240 bits per heavy atom. The molecule has 5 atom stereocenters. The SMILES string of the molecule is CC/C=C\C/C=C\C/C=C\C/C=C\C/C=C\C/C=C\CCCCCCCCCCCCCCCCC(=O)OCC(O)COP(=O)(O)OCC(O)COP(=O)(O)OCC(COC(=O)CCCCCCCCCCCCCCC/C=C\C/C=C\C/C=C\C/C=C\CCCCC)OC(=O)CCCCCCCCC/C=C\C/C=C\C/C=C\C/C=C\CCCCC. The Bertz CT molecular complexity index is 2880. The van der Waals surface area contributed by atoms with E-state index < -0.39 is 91.5 Å². The molecule has 0 saturated heterocycles. The van der Waals surface area contributed by atoms with E-state index in [2.05, 4.69) is 191 Å². The van der Waals surface area contributed by atoms with Gasteiger partial charge in [-0.15, -0.1) is 0 Å². The van der Waals surface area contributed by atoms with E-state index in [1.54, 1.807) is 0 Å². The average molecular weight is 1730 g/mol. The zero-order valence-electron chi connectivity index (χ0n) is 76.6. The van der Waals surface area contributed by atoms with Crippen LogP contribution >= 0.6 is 15.6 Å². The van der Waals surface area contributed by atoms with Crippen molar-refractivity contribution in [2.45, 2.75) is 424 Å². The van der Waals surface area contributed by atoms with Gasteiger partial charge in [0.1, 0.15) is 25.4 Å². The molecule has 16 nitrogen and oxygen atoms in total. The molecule has 18 heteroatoms. The molecule has 0 saturated carbocycles.